The Hall–Kier alpha value is -1.20. The predicted molar refractivity (Wildman–Crippen MR) is 76.9 cm³/mol. The number of aryl methyl sites for hydroxylation is 1. The molecule has 4 nitrogen and oxygen atoms in total. The molecule has 3 heterocycles. The van der Waals surface area contributed by atoms with Gasteiger partial charge in [-0.25, -0.2) is 4.39 Å². The van der Waals surface area contributed by atoms with E-state index in [1.807, 2.05) is 6.20 Å². The summed E-state index contributed by atoms with van der Waals surface area (Å²) in [4.78, 5) is 8.89. The summed E-state index contributed by atoms with van der Waals surface area (Å²) in [5, 5.41) is 0. The standard InChI is InChI=1S/C15H22FN3O/c1-2-13-3-4-14(7-17-13)19-5-6-20-15(11-19)10-18-8-12(16)9-18/h3-4,7,12,15H,2,5-6,8-11H2,1H3. The van der Waals surface area contributed by atoms with Gasteiger partial charge in [-0.05, 0) is 18.6 Å². The van der Waals surface area contributed by atoms with Gasteiger partial charge in [0.05, 0.1) is 24.6 Å². The Labute approximate surface area is 119 Å². The van der Waals surface area contributed by atoms with Crippen LogP contribution in [0.1, 0.15) is 12.6 Å². The van der Waals surface area contributed by atoms with Crippen LogP contribution in [0.5, 0.6) is 0 Å². The minimum atomic E-state index is -0.638. The van der Waals surface area contributed by atoms with E-state index >= 15 is 0 Å². The second-order valence-corrected chi connectivity index (χ2v) is 5.62. The van der Waals surface area contributed by atoms with Crippen molar-refractivity contribution in [2.75, 3.05) is 44.2 Å². The molecule has 2 saturated heterocycles. The van der Waals surface area contributed by atoms with E-state index in [1.165, 1.54) is 0 Å². The van der Waals surface area contributed by atoms with Gasteiger partial charge < -0.3 is 9.64 Å². The van der Waals surface area contributed by atoms with Crippen LogP contribution in [0.15, 0.2) is 18.3 Å². The summed E-state index contributed by atoms with van der Waals surface area (Å²) in [6.45, 7) is 6.55. The van der Waals surface area contributed by atoms with Gasteiger partial charge in [0.1, 0.15) is 6.17 Å². The van der Waals surface area contributed by atoms with Crippen molar-refractivity contribution in [3.8, 4) is 0 Å². The van der Waals surface area contributed by atoms with E-state index in [0.717, 1.165) is 44.0 Å². The number of nitrogens with zero attached hydrogens (tertiary/aromatic N) is 3. The summed E-state index contributed by atoms with van der Waals surface area (Å²) in [7, 11) is 0. The normalized spacial score (nSPS) is 24.7. The molecule has 0 saturated carbocycles. The molecule has 1 unspecified atom stereocenters. The van der Waals surface area contributed by atoms with Crippen LogP contribution < -0.4 is 4.90 Å². The zero-order chi connectivity index (χ0) is 13.9. The maximum absolute atomic E-state index is 12.8. The molecule has 3 rings (SSSR count). The Morgan fingerprint density at radius 1 is 1.35 bits per heavy atom. The number of pyridine rings is 1. The number of likely N-dealkylation sites (tertiary alicyclic amines) is 1. The SMILES string of the molecule is CCc1ccc(N2CCOC(CN3CC(F)C3)C2)cn1. The second-order valence-electron chi connectivity index (χ2n) is 5.62. The topological polar surface area (TPSA) is 28.6 Å². The molecule has 5 heteroatoms. The zero-order valence-electron chi connectivity index (χ0n) is 12.0. The molecule has 2 fully saturated rings. The minimum absolute atomic E-state index is 0.169. The van der Waals surface area contributed by atoms with Crippen LogP contribution in [0, 0.1) is 0 Å². The minimum Gasteiger partial charge on any atom is -0.373 e. The molecule has 0 amide bonds. The first-order chi connectivity index (χ1) is 9.74. The molecule has 0 aromatic carbocycles. The van der Waals surface area contributed by atoms with Gasteiger partial charge in [0, 0.05) is 38.4 Å². The summed E-state index contributed by atoms with van der Waals surface area (Å²) in [5.74, 6) is 0. The molecule has 0 N–H and O–H groups in total. The van der Waals surface area contributed by atoms with Crippen molar-refractivity contribution in [3.05, 3.63) is 24.0 Å². The van der Waals surface area contributed by atoms with Crippen LogP contribution in [-0.2, 0) is 11.2 Å². The van der Waals surface area contributed by atoms with Crippen molar-refractivity contribution in [2.45, 2.75) is 25.6 Å². The third kappa shape index (κ3) is 3.10. The zero-order valence-corrected chi connectivity index (χ0v) is 12.0. The second kappa shape index (κ2) is 6.06. The van der Waals surface area contributed by atoms with Crippen molar-refractivity contribution in [1.29, 1.82) is 0 Å². The van der Waals surface area contributed by atoms with Gasteiger partial charge in [-0.3, -0.25) is 9.88 Å². The molecule has 2 aliphatic heterocycles. The number of hydrogen-bond acceptors (Lipinski definition) is 4. The lowest BCUT2D eigenvalue weighted by molar-refractivity contribution is -0.0202. The largest absolute Gasteiger partial charge is 0.373 e. The Morgan fingerprint density at radius 2 is 2.20 bits per heavy atom. The maximum atomic E-state index is 12.8. The Balaban J connectivity index is 1.56. The average Bonchev–Trinajstić information content (AvgIpc) is 2.46. The smallest absolute Gasteiger partial charge is 0.125 e. The van der Waals surface area contributed by atoms with Crippen LogP contribution in [-0.4, -0.2) is 61.5 Å². The van der Waals surface area contributed by atoms with Crippen LogP contribution in [0.4, 0.5) is 10.1 Å². The van der Waals surface area contributed by atoms with E-state index < -0.39 is 6.17 Å². The van der Waals surface area contributed by atoms with Crippen molar-refractivity contribution in [1.82, 2.24) is 9.88 Å². The molecule has 20 heavy (non-hydrogen) atoms. The number of alkyl halides is 1. The molecular formula is C15H22FN3O. The van der Waals surface area contributed by atoms with Crippen LogP contribution in [0.25, 0.3) is 0 Å². The Kier molecular flexibility index (Phi) is 4.17. The van der Waals surface area contributed by atoms with Gasteiger partial charge in [-0.15, -0.1) is 0 Å². The molecule has 2 aliphatic rings. The fourth-order valence-corrected chi connectivity index (χ4v) is 2.82. The highest BCUT2D eigenvalue weighted by molar-refractivity contribution is 5.45. The summed E-state index contributed by atoms with van der Waals surface area (Å²) < 4.78 is 18.6. The number of morpholine rings is 1. The number of hydrogen-bond donors (Lipinski definition) is 0. The molecule has 0 aliphatic carbocycles. The van der Waals surface area contributed by atoms with E-state index in [2.05, 4.69) is 33.8 Å². The molecule has 1 aromatic heterocycles. The molecule has 0 bridgehead atoms. The first kappa shape index (κ1) is 13.8. The highest BCUT2D eigenvalue weighted by atomic mass is 19.1. The molecule has 0 radical (unpaired) electrons. The van der Waals surface area contributed by atoms with Gasteiger partial charge in [-0.2, -0.15) is 0 Å². The molecule has 0 spiro atoms. The number of ether oxygens (including phenoxy) is 1. The van der Waals surface area contributed by atoms with E-state index in [-0.39, 0.29) is 6.10 Å². The molecule has 1 atom stereocenters. The quantitative estimate of drug-likeness (QED) is 0.835. The number of halogens is 1. The highest BCUT2D eigenvalue weighted by Crippen LogP contribution is 2.19. The Morgan fingerprint density at radius 3 is 2.85 bits per heavy atom. The van der Waals surface area contributed by atoms with Crippen LogP contribution in [0.2, 0.25) is 0 Å². The lowest BCUT2D eigenvalue weighted by atomic mass is 10.1. The van der Waals surface area contributed by atoms with Gasteiger partial charge >= 0.3 is 0 Å². The predicted octanol–water partition coefficient (Wildman–Crippen LogP) is 1.50. The van der Waals surface area contributed by atoms with Gasteiger partial charge in [0.15, 0.2) is 0 Å². The van der Waals surface area contributed by atoms with Crippen molar-refractivity contribution >= 4 is 5.69 Å². The number of aromatic nitrogens is 1. The number of rotatable bonds is 4. The average molecular weight is 279 g/mol. The van der Waals surface area contributed by atoms with E-state index in [1.54, 1.807) is 0 Å². The van der Waals surface area contributed by atoms with Gasteiger partial charge in [0.2, 0.25) is 0 Å². The molecular weight excluding hydrogens is 257 g/mol. The van der Waals surface area contributed by atoms with E-state index in [4.69, 9.17) is 4.74 Å². The first-order valence-corrected chi connectivity index (χ1v) is 7.42. The fourth-order valence-electron chi connectivity index (χ4n) is 2.82. The summed E-state index contributed by atoms with van der Waals surface area (Å²) in [5.41, 5.74) is 2.27. The fraction of sp³-hybridized carbons (Fsp3) is 0.667. The molecule has 1 aromatic rings. The monoisotopic (exact) mass is 279 g/mol. The van der Waals surface area contributed by atoms with Gasteiger partial charge in [0.25, 0.3) is 0 Å². The van der Waals surface area contributed by atoms with E-state index in [9.17, 15) is 4.39 Å². The van der Waals surface area contributed by atoms with Crippen LogP contribution in [0.3, 0.4) is 0 Å². The van der Waals surface area contributed by atoms with Crippen molar-refractivity contribution in [2.24, 2.45) is 0 Å². The summed E-state index contributed by atoms with van der Waals surface area (Å²) in [6.07, 6.45) is 2.44. The van der Waals surface area contributed by atoms with Crippen molar-refractivity contribution in [3.63, 3.8) is 0 Å². The molecule has 110 valence electrons. The van der Waals surface area contributed by atoms with Crippen LogP contribution >= 0.6 is 0 Å². The summed E-state index contributed by atoms with van der Waals surface area (Å²) >= 11 is 0. The highest BCUT2D eigenvalue weighted by Gasteiger charge is 2.30. The third-order valence-corrected chi connectivity index (χ3v) is 4.05. The lowest BCUT2D eigenvalue weighted by Gasteiger charge is -2.40. The number of anilines is 1. The van der Waals surface area contributed by atoms with Crippen molar-refractivity contribution < 1.29 is 9.13 Å². The Bertz CT molecular complexity index is 433. The van der Waals surface area contributed by atoms with Gasteiger partial charge in [-0.1, -0.05) is 6.92 Å². The lowest BCUT2D eigenvalue weighted by Crippen LogP contribution is -2.55. The first-order valence-electron chi connectivity index (χ1n) is 7.42. The van der Waals surface area contributed by atoms with E-state index in [0.29, 0.717) is 13.1 Å². The third-order valence-electron chi connectivity index (χ3n) is 4.05. The maximum Gasteiger partial charge on any atom is 0.125 e. The summed E-state index contributed by atoms with van der Waals surface area (Å²) in [6, 6.07) is 4.22.